The van der Waals surface area contributed by atoms with Gasteiger partial charge in [0, 0.05) is 13.1 Å². The molecule has 0 aliphatic carbocycles. The minimum atomic E-state index is -0.846. The zero-order chi connectivity index (χ0) is 19.2. The monoisotopic (exact) mass is 368 g/mol. The van der Waals surface area contributed by atoms with Gasteiger partial charge in [-0.2, -0.15) is 0 Å². The zero-order valence-corrected chi connectivity index (χ0v) is 15.3. The summed E-state index contributed by atoms with van der Waals surface area (Å²) in [5.74, 6) is -0.577. The molecule has 2 aromatic rings. The van der Waals surface area contributed by atoms with Crippen LogP contribution in [0.25, 0.3) is 0 Å². The van der Waals surface area contributed by atoms with Crippen molar-refractivity contribution in [2.45, 2.75) is 26.0 Å². The van der Waals surface area contributed by atoms with Gasteiger partial charge in [0.2, 0.25) is 0 Å². The number of carbonyl (C=O) groups is 2. The van der Waals surface area contributed by atoms with Gasteiger partial charge < -0.3 is 20.1 Å². The van der Waals surface area contributed by atoms with Crippen molar-refractivity contribution in [1.29, 1.82) is 0 Å². The zero-order valence-electron chi connectivity index (χ0n) is 15.3. The number of carboxylic acid groups (broad SMARTS) is 1. The molecule has 2 atom stereocenters. The first-order valence-corrected chi connectivity index (χ1v) is 9.08. The van der Waals surface area contributed by atoms with E-state index in [1.165, 1.54) is 0 Å². The van der Waals surface area contributed by atoms with Gasteiger partial charge in [0.25, 0.3) is 0 Å². The first-order chi connectivity index (χ1) is 13.0. The Labute approximate surface area is 158 Å². The highest BCUT2D eigenvalue weighted by atomic mass is 16.5. The number of hydrogen-bond donors (Lipinski definition) is 2. The van der Waals surface area contributed by atoms with E-state index in [1.807, 2.05) is 61.5 Å². The molecule has 0 aromatic heterocycles. The Balaban J connectivity index is 1.56. The van der Waals surface area contributed by atoms with Crippen LogP contribution in [0.5, 0.6) is 5.75 Å². The maximum Gasteiger partial charge on any atom is 0.317 e. The fraction of sp³-hybridized carbons (Fsp3) is 0.333. The molecule has 0 radical (unpaired) electrons. The molecule has 6 nitrogen and oxygen atoms in total. The summed E-state index contributed by atoms with van der Waals surface area (Å²) >= 11 is 0. The van der Waals surface area contributed by atoms with Gasteiger partial charge in [-0.3, -0.25) is 4.79 Å². The lowest BCUT2D eigenvalue weighted by atomic mass is 10.1. The Hall–Kier alpha value is -3.02. The average Bonchev–Trinajstić information content (AvgIpc) is 3.18. The lowest BCUT2D eigenvalue weighted by Gasteiger charge is -2.21. The molecular formula is C21H24N2O4. The third-order valence-corrected chi connectivity index (χ3v) is 4.77. The first kappa shape index (κ1) is 18.8. The summed E-state index contributed by atoms with van der Waals surface area (Å²) in [5, 5.41) is 12.0. The lowest BCUT2D eigenvalue weighted by Crippen LogP contribution is -2.40. The van der Waals surface area contributed by atoms with Crippen LogP contribution in [0.15, 0.2) is 54.6 Å². The standard InChI is InChI=1S/C21H24N2O4/c1-15(22-21(26)23-11-10-18(13-23)20(24)25)17-8-5-9-19(12-17)27-14-16-6-3-2-4-7-16/h2-9,12,15,18H,10-11,13-14H2,1H3,(H,22,26)(H,24,25)/t15-,18?/m0/s1. The van der Waals surface area contributed by atoms with Crippen molar-refractivity contribution in [3.63, 3.8) is 0 Å². The number of rotatable bonds is 6. The van der Waals surface area contributed by atoms with E-state index in [9.17, 15) is 9.59 Å². The lowest BCUT2D eigenvalue weighted by molar-refractivity contribution is -0.141. The molecule has 142 valence electrons. The van der Waals surface area contributed by atoms with Crippen LogP contribution in [-0.4, -0.2) is 35.1 Å². The summed E-state index contributed by atoms with van der Waals surface area (Å²) in [5.41, 5.74) is 2.02. The van der Waals surface area contributed by atoms with Crippen molar-refractivity contribution in [1.82, 2.24) is 10.2 Å². The fourth-order valence-corrected chi connectivity index (χ4v) is 3.12. The molecule has 1 aliphatic heterocycles. The van der Waals surface area contributed by atoms with E-state index in [2.05, 4.69) is 5.32 Å². The second-order valence-corrected chi connectivity index (χ2v) is 6.79. The predicted octanol–water partition coefficient (Wildman–Crippen LogP) is 3.44. The highest BCUT2D eigenvalue weighted by Gasteiger charge is 2.31. The molecule has 1 heterocycles. The van der Waals surface area contributed by atoms with Crippen LogP contribution in [0.4, 0.5) is 4.79 Å². The molecule has 1 aliphatic rings. The van der Waals surface area contributed by atoms with Crippen LogP contribution in [-0.2, 0) is 11.4 Å². The van der Waals surface area contributed by atoms with Crippen molar-refractivity contribution in [3.05, 3.63) is 65.7 Å². The van der Waals surface area contributed by atoms with Crippen LogP contribution in [0.1, 0.15) is 30.5 Å². The average molecular weight is 368 g/mol. The number of aliphatic carboxylic acids is 1. The summed E-state index contributed by atoms with van der Waals surface area (Å²) in [6.07, 6.45) is 0.500. The van der Waals surface area contributed by atoms with Gasteiger partial charge in [-0.15, -0.1) is 0 Å². The van der Waals surface area contributed by atoms with Crippen LogP contribution in [0, 0.1) is 5.92 Å². The van der Waals surface area contributed by atoms with Gasteiger partial charge in [0.15, 0.2) is 0 Å². The third-order valence-electron chi connectivity index (χ3n) is 4.77. The Bertz CT molecular complexity index is 794. The number of benzene rings is 2. The van der Waals surface area contributed by atoms with Crippen LogP contribution < -0.4 is 10.1 Å². The van der Waals surface area contributed by atoms with E-state index in [-0.39, 0.29) is 18.6 Å². The molecule has 0 spiro atoms. The van der Waals surface area contributed by atoms with E-state index in [4.69, 9.17) is 9.84 Å². The number of carbonyl (C=O) groups excluding carboxylic acids is 1. The highest BCUT2D eigenvalue weighted by molar-refractivity contribution is 5.77. The third kappa shape index (κ3) is 5.00. The largest absolute Gasteiger partial charge is 0.489 e. The van der Waals surface area contributed by atoms with Gasteiger partial charge in [-0.25, -0.2) is 4.79 Å². The molecule has 1 unspecified atom stereocenters. The van der Waals surface area contributed by atoms with Crippen molar-refractivity contribution >= 4 is 12.0 Å². The normalized spacial score (nSPS) is 17.4. The number of nitrogens with one attached hydrogen (secondary N) is 1. The number of urea groups is 1. The van der Waals surface area contributed by atoms with Gasteiger partial charge in [-0.1, -0.05) is 42.5 Å². The van der Waals surface area contributed by atoms with Crippen molar-refractivity contribution < 1.29 is 19.4 Å². The van der Waals surface area contributed by atoms with Gasteiger partial charge in [0.05, 0.1) is 12.0 Å². The topological polar surface area (TPSA) is 78.9 Å². The van der Waals surface area contributed by atoms with Gasteiger partial charge in [0.1, 0.15) is 12.4 Å². The predicted molar refractivity (Wildman–Crippen MR) is 101 cm³/mol. The maximum absolute atomic E-state index is 12.4. The number of ether oxygens (including phenoxy) is 1. The minimum absolute atomic E-state index is 0.207. The first-order valence-electron chi connectivity index (χ1n) is 9.08. The van der Waals surface area contributed by atoms with Crippen molar-refractivity contribution in [2.75, 3.05) is 13.1 Å². The highest BCUT2D eigenvalue weighted by Crippen LogP contribution is 2.22. The van der Waals surface area contributed by atoms with E-state index in [1.54, 1.807) is 4.90 Å². The maximum atomic E-state index is 12.4. The number of amides is 2. The smallest absolute Gasteiger partial charge is 0.317 e. The Kier molecular flexibility index (Phi) is 5.96. The molecule has 3 rings (SSSR count). The number of carboxylic acids is 1. The Morgan fingerprint density at radius 1 is 1.22 bits per heavy atom. The Morgan fingerprint density at radius 2 is 2.00 bits per heavy atom. The summed E-state index contributed by atoms with van der Waals surface area (Å²) < 4.78 is 5.84. The molecule has 0 saturated carbocycles. The molecule has 6 heteroatoms. The van der Waals surface area contributed by atoms with Gasteiger partial charge >= 0.3 is 12.0 Å². The van der Waals surface area contributed by atoms with Crippen molar-refractivity contribution in [2.24, 2.45) is 5.92 Å². The van der Waals surface area contributed by atoms with E-state index in [0.717, 1.165) is 16.9 Å². The summed E-state index contributed by atoms with van der Waals surface area (Å²) in [4.78, 5) is 25.0. The fourth-order valence-electron chi connectivity index (χ4n) is 3.12. The molecular weight excluding hydrogens is 344 g/mol. The van der Waals surface area contributed by atoms with Crippen LogP contribution >= 0.6 is 0 Å². The summed E-state index contributed by atoms with van der Waals surface area (Å²) in [6.45, 7) is 3.11. The van der Waals surface area contributed by atoms with E-state index in [0.29, 0.717) is 19.6 Å². The van der Waals surface area contributed by atoms with Gasteiger partial charge in [-0.05, 0) is 36.6 Å². The molecule has 1 fully saturated rings. The molecule has 2 N–H and O–H groups in total. The molecule has 0 bridgehead atoms. The summed E-state index contributed by atoms with van der Waals surface area (Å²) in [6, 6.07) is 17.1. The van der Waals surface area contributed by atoms with E-state index >= 15 is 0 Å². The Morgan fingerprint density at radius 3 is 2.70 bits per heavy atom. The second kappa shape index (κ2) is 8.58. The molecule has 2 aromatic carbocycles. The number of likely N-dealkylation sites (tertiary alicyclic amines) is 1. The SMILES string of the molecule is C[C@H](NC(=O)N1CCC(C(=O)O)C1)c1cccc(OCc2ccccc2)c1. The van der Waals surface area contributed by atoms with Crippen molar-refractivity contribution in [3.8, 4) is 5.75 Å². The van der Waals surface area contributed by atoms with Crippen LogP contribution in [0.2, 0.25) is 0 Å². The minimum Gasteiger partial charge on any atom is -0.489 e. The van der Waals surface area contributed by atoms with E-state index < -0.39 is 11.9 Å². The van der Waals surface area contributed by atoms with Crippen LogP contribution in [0.3, 0.4) is 0 Å². The second-order valence-electron chi connectivity index (χ2n) is 6.79. The summed E-state index contributed by atoms with van der Waals surface area (Å²) in [7, 11) is 0. The number of nitrogens with zero attached hydrogens (tertiary/aromatic N) is 1. The molecule has 1 saturated heterocycles. The number of hydrogen-bond acceptors (Lipinski definition) is 3. The quantitative estimate of drug-likeness (QED) is 0.819. The molecule has 27 heavy (non-hydrogen) atoms. The molecule has 2 amide bonds.